The van der Waals surface area contributed by atoms with E-state index in [1.54, 1.807) is 38.1 Å². The van der Waals surface area contributed by atoms with E-state index in [1.807, 2.05) is 0 Å². The molecule has 0 atom stereocenters. The molecule has 0 radical (unpaired) electrons. The number of rotatable bonds is 6. The van der Waals surface area contributed by atoms with Gasteiger partial charge in [-0.15, -0.1) is 13.2 Å². The lowest BCUT2D eigenvalue weighted by molar-refractivity contribution is -0.274. The Kier molecular flexibility index (Phi) is 6.47. The van der Waals surface area contributed by atoms with E-state index >= 15 is 0 Å². The van der Waals surface area contributed by atoms with Crippen molar-refractivity contribution in [1.29, 1.82) is 0 Å². The summed E-state index contributed by atoms with van der Waals surface area (Å²) in [4.78, 5) is 37.2. The van der Waals surface area contributed by atoms with Crippen molar-refractivity contribution in [2.24, 2.45) is 0 Å². The molecule has 11 heteroatoms. The number of hydrogen-bond acceptors (Lipinski definition) is 6. The largest absolute Gasteiger partial charge is 0.573 e. The first-order valence-corrected chi connectivity index (χ1v) is 9.39. The predicted octanol–water partition coefficient (Wildman–Crippen LogP) is 3.67. The van der Waals surface area contributed by atoms with E-state index in [0.29, 0.717) is 5.39 Å². The molecule has 0 bridgehead atoms. The standard InChI is InChI=1S/C21H18F3N3O5/c1-12(2)27-19(29)16-6-4-3-5-15(16)18(26-27)20(30)31-11-17(28)25-13-7-9-14(10-8-13)32-21(22,23)24/h3-10,12H,11H2,1-2H3,(H,25,28). The van der Waals surface area contributed by atoms with Crippen molar-refractivity contribution in [3.05, 3.63) is 64.6 Å². The van der Waals surface area contributed by atoms with Gasteiger partial charge in [-0.25, -0.2) is 9.48 Å². The van der Waals surface area contributed by atoms with E-state index in [0.717, 1.165) is 16.8 Å². The minimum Gasteiger partial charge on any atom is -0.451 e. The first kappa shape index (κ1) is 22.8. The molecule has 3 rings (SSSR count). The number of nitrogens with zero attached hydrogens (tertiary/aromatic N) is 2. The maximum absolute atomic E-state index is 12.6. The third-order valence-corrected chi connectivity index (χ3v) is 4.22. The van der Waals surface area contributed by atoms with Gasteiger partial charge in [0.2, 0.25) is 0 Å². The fourth-order valence-corrected chi connectivity index (χ4v) is 2.84. The van der Waals surface area contributed by atoms with Crippen LogP contribution in [-0.2, 0) is 9.53 Å². The Morgan fingerprint density at radius 1 is 1.06 bits per heavy atom. The summed E-state index contributed by atoms with van der Waals surface area (Å²) in [7, 11) is 0. The Balaban J connectivity index is 1.69. The SMILES string of the molecule is CC(C)n1nc(C(=O)OCC(=O)Nc2ccc(OC(F)(F)F)cc2)c2ccccc2c1=O. The Hall–Kier alpha value is -3.89. The summed E-state index contributed by atoms with van der Waals surface area (Å²) >= 11 is 0. The van der Waals surface area contributed by atoms with Crippen LogP contribution in [0.3, 0.4) is 0 Å². The third-order valence-electron chi connectivity index (χ3n) is 4.22. The Morgan fingerprint density at radius 3 is 2.28 bits per heavy atom. The number of nitrogens with one attached hydrogen (secondary N) is 1. The Morgan fingerprint density at radius 2 is 1.69 bits per heavy atom. The van der Waals surface area contributed by atoms with Crippen molar-refractivity contribution < 1.29 is 32.2 Å². The second-order valence-corrected chi connectivity index (χ2v) is 6.93. The van der Waals surface area contributed by atoms with E-state index in [2.05, 4.69) is 15.2 Å². The zero-order valence-corrected chi connectivity index (χ0v) is 17.0. The number of benzene rings is 2. The topological polar surface area (TPSA) is 99.5 Å². The number of esters is 1. The quantitative estimate of drug-likeness (QED) is 0.577. The van der Waals surface area contributed by atoms with Gasteiger partial charge in [0.05, 0.1) is 11.4 Å². The summed E-state index contributed by atoms with van der Waals surface area (Å²) in [6.07, 6.45) is -4.82. The van der Waals surface area contributed by atoms with Crippen LogP contribution < -0.4 is 15.6 Å². The number of hydrogen-bond donors (Lipinski definition) is 1. The van der Waals surface area contributed by atoms with E-state index in [-0.39, 0.29) is 28.4 Å². The van der Waals surface area contributed by atoms with Crippen LogP contribution >= 0.6 is 0 Å². The highest BCUT2D eigenvalue weighted by molar-refractivity contribution is 6.03. The molecule has 0 aliphatic heterocycles. The van der Waals surface area contributed by atoms with Gasteiger partial charge in [-0.2, -0.15) is 5.10 Å². The van der Waals surface area contributed by atoms with E-state index in [9.17, 15) is 27.6 Å². The molecule has 2 aromatic carbocycles. The molecule has 32 heavy (non-hydrogen) atoms. The van der Waals surface area contributed by atoms with Crippen LogP contribution in [-0.4, -0.2) is 34.6 Å². The van der Waals surface area contributed by atoms with Crippen LogP contribution in [0, 0.1) is 0 Å². The average Bonchev–Trinajstić information content (AvgIpc) is 2.72. The minimum absolute atomic E-state index is 0.115. The average molecular weight is 449 g/mol. The molecule has 1 heterocycles. The molecule has 0 fully saturated rings. The zero-order valence-electron chi connectivity index (χ0n) is 17.0. The fourth-order valence-electron chi connectivity index (χ4n) is 2.84. The van der Waals surface area contributed by atoms with Gasteiger partial charge in [-0.3, -0.25) is 9.59 Å². The van der Waals surface area contributed by atoms with Gasteiger partial charge in [0.1, 0.15) is 5.75 Å². The number of anilines is 1. The van der Waals surface area contributed by atoms with Crippen LogP contribution in [0.25, 0.3) is 10.8 Å². The summed E-state index contributed by atoms with van der Waals surface area (Å²) in [5.41, 5.74) is -0.296. The molecule has 1 N–H and O–H groups in total. The number of carbonyl (C=O) groups is 2. The molecule has 0 aliphatic carbocycles. The molecule has 1 aromatic heterocycles. The number of aromatic nitrogens is 2. The highest BCUT2D eigenvalue weighted by Gasteiger charge is 2.31. The second kappa shape index (κ2) is 9.08. The molecule has 0 aliphatic rings. The number of carbonyl (C=O) groups excluding carboxylic acids is 2. The summed E-state index contributed by atoms with van der Waals surface area (Å²) < 4.78 is 46.5. The smallest absolute Gasteiger partial charge is 0.451 e. The van der Waals surface area contributed by atoms with Crippen molar-refractivity contribution in [3.8, 4) is 5.75 Å². The van der Waals surface area contributed by atoms with Crippen LogP contribution in [0.4, 0.5) is 18.9 Å². The molecule has 0 unspecified atom stereocenters. The highest BCUT2D eigenvalue weighted by Crippen LogP contribution is 2.24. The van der Waals surface area contributed by atoms with Gasteiger partial charge >= 0.3 is 12.3 Å². The van der Waals surface area contributed by atoms with E-state index in [1.165, 1.54) is 12.1 Å². The first-order valence-electron chi connectivity index (χ1n) is 9.39. The van der Waals surface area contributed by atoms with Crippen LogP contribution in [0.2, 0.25) is 0 Å². The van der Waals surface area contributed by atoms with Crippen molar-refractivity contribution >= 4 is 28.3 Å². The normalized spacial score (nSPS) is 11.4. The van der Waals surface area contributed by atoms with E-state index < -0.39 is 30.6 Å². The van der Waals surface area contributed by atoms with Gasteiger partial charge in [-0.05, 0) is 44.2 Å². The highest BCUT2D eigenvalue weighted by atomic mass is 19.4. The van der Waals surface area contributed by atoms with Gasteiger partial charge in [-0.1, -0.05) is 18.2 Å². The Labute approximate surface area is 179 Å². The molecular weight excluding hydrogens is 431 g/mol. The molecule has 3 aromatic rings. The molecule has 0 saturated heterocycles. The lowest BCUT2D eigenvalue weighted by Gasteiger charge is -2.13. The third kappa shape index (κ3) is 5.42. The van der Waals surface area contributed by atoms with Crippen molar-refractivity contribution in [1.82, 2.24) is 9.78 Å². The van der Waals surface area contributed by atoms with Gasteiger partial charge < -0.3 is 14.8 Å². The number of ether oxygens (including phenoxy) is 2. The summed E-state index contributed by atoms with van der Waals surface area (Å²) in [5.74, 6) is -2.07. The summed E-state index contributed by atoms with van der Waals surface area (Å²) in [6.45, 7) is 2.80. The van der Waals surface area contributed by atoms with Crippen LogP contribution in [0.5, 0.6) is 5.75 Å². The summed E-state index contributed by atoms with van der Waals surface area (Å²) in [6, 6.07) is 10.6. The molecule has 0 spiro atoms. The van der Waals surface area contributed by atoms with Gasteiger partial charge in [0.15, 0.2) is 12.3 Å². The number of alkyl halides is 3. The second-order valence-electron chi connectivity index (χ2n) is 6.93. The minimum atomic E-state index is -4.82. The summed E-state index contributed by atoms with van der Waals surface area (Å²) in [5, 5.41) is 7.06. The number of fused-ring (bicyclic) bond motifs is 1. The van der Waals surface area contributed by atoms with Crippen LogP contribution in [0.15, 0.2) is 53.3 Å². The maximum atomic E-state index is 12.6. The lowest BCUT2D eigenvalue weighted by atomic mass is 10.1. The van der Waals surface area contributed by atoms with E-state index in [4.69, 9.17) is 4.74 Å². The van der Waals surface area contributed by atoms with Gasteiger partial charge in [0.25, 0.3) is 11.5 Å². The zero-order chi connectivity index (χ0) is 23.5. The molecular formula is C21H18F3N3O5. The molecule has 1 amide bonds. The Bertz CT molecular complexity index is 1200. The van der Waals surface area contributed by atoms with Gasteiger partial charge in [0, 0.05) is 11.1 Å². The molecule has 0 saturated carbocycles. The first-order chi connectivity index (χ1) is 15.0. The monoisotopic (exact) mass is 449 g/mol. The number of amides is 1. The van der Waals surface area contributed by atoms with Crippen molar-refractivity contribution in [2.45, 2.75) is 26.3 Å². The molecule has 168 valence electrons. The number of halogens is 3. The molecule has 8 nitrogen and oxygen atoms in total. The predicted molar refractivity (Wildman–Crippen MR) is 108 cm³/mol. The van der Waals surface area contributed by atoms with Crippen LogP contribution in [0.1, 0.15) is 30.4 Å². The lowest BCUT2D eigenvalue weighted by Crippen LogP contribution is -2.28. The van der Waals surface area contributed by atoms with Crippen molar-refractivity contribution in [2.75, 3.05) is 11.9 Å². The van der Waals surface area contributed by atoms with Crippen molar-refractivity contribution in [3.63, 3.8) is 0 Å². The maximum Gasteiger partial charge on any atom is 0.573 e. The fraction of sp³-hybridized carbons (Fsp3) is 0.238.